The molecule has 2 saturated heterocycles. The first-order chi connectivity index (χ1) is 10.2. The van der Waals surface area contributed by atoms with Gasteiger partial charge in [0.1, 0.15) is 0 Å². The van der Waals surface area contributed by atoms with Crippen LogP contribution in [0.25, 0.3) is 0 Å². The van der Waals surface area contributed by atoms with E-state index in [1.165, 1.54) is 19.3 Å². The second-order valence-corrected chi connectivity index (χ2v) is 6.50. The summed E-state index contributed by atoms with van der Waals surface area (Å²) in [6.07, 6.45) is 5.78. The van der Waals surface area contributed by atoms with Gasteiger partial charge in [0.15, 0.2) is 17.3 Å². The van der Waals surface area contributed by atoms with E-state index in [0.717, 1.165) is 24.2 Å². The maximum Gasteiger partial charge on any atom is 0.231 e. The molecule has 3 aliphatic rings. The minimum atomic E-state index is 0.164. The highest BCUT2D eigenvalue weighted by molar-refractivity contribution is 5.98. The van der Waals surface area contributed by atoms with Crippen LogP contribution in [0.1, 0.15) is 42.5 Å². The van der Waals surface area contributed by atoms with Gasteiger partial charge in [0, 0.05) is 23.6 Å². The van der Waals surface area contributed by atoms with Gasteiger partial charge in [0.25, 0.3) is 0 Å². The summed E-state index contributed by atoms with van der Waals surface area (Å²) in [5.74, 6) is 1.89. The number of hydrogen-bond donors (Lipinski definition) is 0. The Balaban J connectivity index is 1.55. The first kappa shape index (κ1) is 13.1. The summed E-state index contributed by atoms with van der Waals surface area (Å²) in [5.41, 5.74) is 0.770. The number of ketones is 1. The molecule has 21 heavy (non-hydrogen) atoms. The zero-order valence-electron chi connectivity index (χ0n) is 12.4. The lowest BCUT2D eigenvalue weighted by Gasteiger charge is -2.46. The molecule has 3 heterocycles. The highest BCUT2D eigenvalue weighted by atomic mass is 16.7. The predicted octanol–water partition coefficient (Wildman–Crippen LogP) is 2.86. The molecule has 112 valence electrons. The van der Waals surface area contributed by atoms with Crippen LogP contribution in [0.15, 0.2) is 18.2 Å². The van der Waals surface area contributed by atoms with Gasteiger partial charge in [-0.15, -0.1) is 0 Å². The monoisotopic (exact) mass is 287 g/mol. The van der Waals surface area contributed by atoms with Gasteiger partial charge >= 0.3 is 0 Å². The van der Waals surface area contributed by atoms with Crippen LogP contribution in [-0.2, 0) is 0 Å². The molecule has 0 aliphatic carbocycles. The maximum atomic E-state index is 12.8. The molecule has 2 fully saturated rings. The Bertz CT molecular complexity index is 557. The molecule has 3 aliphatic heterocycles. The number of carbonyl (C=O) groups is 1. The van der Waals surface area contributed by atoms with Crippen LogP contribution in [-0.4, -0.2) is 36.6 Å². The second-order valence-electron chi connectivity index (χ2n) is 6.50. The zero-order valence-corrected chi connectivity index (χ0v) is 12.4. The lowest BCUT2D eigenvalue weighted by atomic mass is 9.76. The van der Waals surface area contributed by atoms with E-state index in [-0.39, 0.29) is 18.5 Å². The normalized spacial score (nSPS) is 31.2. The topological polar surface area (TPSA) is 38.8 Å². The van der Waals surface area contributed by atoms with E-state index in [2.05, 4.69) is 11.9 Å². The van der Waals surface area contributed by atoms with E-state index in [1.54, 1.807) is 0 Å². The molecule has 0 saturated carbocycles. The van der Waals surface area contributed by atoms with Gasteiger partial charge in [-0.05, 0) is 50.9 Å². The van der Waals surface area contributed by atoms with Gasteiger partial charge in [-0.1, -0.05) is 6.42 Å². The van der Waals surface area contributed by atoms with Gasteiger partial charge in [-0.3, -0.25) is 4.79 Å². The Kier molecular flexibility index (Phi) is 3.14. The van der Waals surface area contributed by atoms with Crippen molar-refractivity contribution in [2.45, 2.75) is 44.2 Å². The quantitative estimate of drug-likeness (QED) is 0.784. The Morgan fingerprint density at radius 3 is 2.62 bits per heavy atom. The average molecular weight is 287 g/mol. The van der Waals surface area contributed by atoms with Crippen LogP contribution in [0.5, 0.6) is 11.5 Å². The molecule has 0 spiro atoms. The van der Waals surface area contributed by atoms with E-state index < -0.39 is 0 Å². The maximum absolute atomic E-state index is 12.8. The fraction of sp³-hybridized carbons (Fsp3) is 0.588. The second kappa shape index (κ2) is 5.02. The largest absolute Gasteiger partial charge is 0.454 e. The van der Waals surface area contributed by atoms with Crippen LogP contribution in [0.2, 0.25) is 0 Å². The Morgan fingerprint density at radius 1 is 1.14 bits per heavy atom. The third-order valence-corrected chi connectivity index (χ3v) is 5.37. The summed E-state index contributed by atoms with van der Waals surface area (Å²) in [7, 11) is 2.22. The van der Waals surface area contributed by atoms with Crippen LogP contribution in [0.4, 0.5) is 0 Å². The first-order valence-corrected chi connectivity index (χ1v) is 7.88. The third-order valence-electron chi connectivity index (χ3n) is 5.37. The lowest BCUT2D eigenvalue weighted by molar-refractivity contribution is 0.0338. The number of rotatable bonds is 2. The van der Waals surface area contributed by atoms with Gasteiger partial charge < -0.3 is 14.4 Å². The van der Waals surface area contributed by atoms with Crippen molar-refractivity contribution < 1.29 is 14.3 Å². The summed E-state index contributed by atoms with van der Waals surface area (Å²) in [6, 6.07) is 6.74. The molecule has 1 aromatic carbocycles. The fourth-order valence-electron chi connectivity index (χ4n) is 4.12. The number of carbonyl (C=O) groups excluding carboxylic acids is 1. The molecule has 4 rings (SSSR count). The molecule has 0 radical (unpaired) electrons. The zero-order chi connectivity index (χ0) is 14.4. The number of hydrogen-bond acceptors (Lipinski definition) is 4. The van der Waals surface area contributed by atoms with E-state index in [0.29, 0.717) is 17.8 Å². The van der Waals surface area contributed by atoms with Gasteiger partial charge in [-0.2, -0.15) is 0 Å². The Hall–Kier alpha value is -1.55. The van der Waals surface area contributed by atoms with E-state index in [9.17, 15) is 4.79 Å². The van der Waals surface area contributed by atoms with E-state index in [4.69, 9.17) is 9.47 Å². The minimum absolute atomic E-state index is 0.164. The molecular formula is C17H21NO3. The van der Waals surface area contributed by atoms with E-state index in [1.807, 2.05) is 18.2 Å². The van der Waals surface area contributed by atoms with Crippen LogP contribution in [0.3, 0.4) is 0 Å². The molecule has 4 nitrogen and oxygen atoms in total. The summed E-state index contributed by atoms with van der Waals surface area (Å²) in [4.78, 5) is 15.3. The fourth-order valence-corrected chi connectivity index (χ4v) is 4.12. The minimum Gasteiger partial charge on any atom is -0.454 e. The van der Waals surface area contributed by atoms with Crippen molar-refractivity contribution in [1.82, 2.24) is 4.90 Å². The van der Waals surface area contributed by atoms with Crippen LogP contribution < -0.4 is 9.47 Å². The number of ether oxygens (including phenoxy) is 2. The van der Waals surface area contributed by atoms with Gasteiger partial charge in [0.2, 0.25) is 6.79 Å². The number of benzene rings is 1. The molecular weight excluding hydrogens is 266 g/mol. The first-order valence-electron chi connectivity index (χ1n) is 7.88. The average Bonchev–Trinajstić information content (AvgIpc) is 2.93. The summed E-state index contributed by atoms with van der Waals surface area (Å²) < 4.78 is 10.7. The SMILES string of the molecule is CN1C2CCCC1CC(C(=O)c1ccc3c(c1)OCO3)C2. The summed E-state index contributed by atoms with van der Waals surface area (Å²) in [5, 5.41) is 0. The lowest BCUT2D eigenvalue weighted by Crippen LogP contribution is -2.51. The number of nitrogens with zero attached hydrogens (tertiary/aromatic N) is 1. The molecule has 4 heteroatoms. The predicted molar refractivity (Wildman–Crippen MR) is 78.8 cm³/mol. The number of Topliss-reactive ketones (excluding diaryl/α,β-unsaturated/α-hetero) is 1. The van der Waals surface area contributed by atoms with E-state index >= 15 is 0 Å². The van der Waals surface area contributed by atoms with Crippen LogP contribution in [0, 0.1) is 5.92 Å². The van der Waals surface area contributed by atoms with Gasteiger partial charge in [-0.25, -0.2) is 0 Å². The molecule has 1 aromatic rings. The Morgan fingerprint density at radius 2 is 1.86 bits per heavy atom. The number of fused-ring (bicyclic) bond motifs is 3. The third kappa shape index (κ3) is 2.22. The molecule has 2 atom stereocenters. The summed E-state index contributed by atoms with van der Waals surface area (Å²) in [6.45, 7) is 0.255. The van der Waals surface area contributed by atoms with Crippen molar-refractivity contribution in [3.63, 3.8) is 0 Å². The van der Waals surface area contributed by atoms with Crippen molar-refractivity contribution in [1.29, 1.82) is 0 Å². The Labute approximate surface area is 125 Å². The highest BCUT2D eigenvalue weighted by Crippen LogP contribution is 2.38. The standard InChI is InChI=1S/C17H21NO3/c1-18-13-3-2-4-14(18)8-12(7-13)17(19)11-5-6-15-16(9-11)21-10-20-15/h5-6,9,12-14H,2-4,7-8,10H2,1H3. The molecule has 0 N–H and O–H groups in total. The van der Waals surface area contributed by atoms with Crippen molar-refractivity contribution in [3.05, 3.63) is 23.8 Å². The molecule has 2 unspecified atom stereocenters. The number of piperidine rings is 2. The molecule has 0 aromatic heterocycles. The van der Waals surface area contributed by atoms with Gasteiger partial charge in [0.05, 0.1) is 0 Å². The van der Waals surface area contributed by atoms with Crippen molar-refractivity contribution >= 4 is 5.78 Å². The highest BCUT2D eigenvalue weighted by Gasteiger charge is 2.39. The van der Waals surface area contributed by atoms with Crippen molar-refractivity contribution in [3.8, 4) is 11.5 Å². The smallest absolute Gasteiger partial charge is 0.231 e. The molecule has 2 bridgehead atoms. The summed E-state index contributed by atoms with van der Waals surface area (Å²) >= 11 is 0. The van der Waals surface area contributed by atoms with Crippen molar-refractivity contribution in [2.24, 2.45) is 5.92 Å². The van der Waals surface area contributed by atoms with Crippen molar-refractivity contribution in [2.75, 3.05) is 13.8 Å². The molecule has 0 amide bonds. The van der Waals surface area contributed by atoms with Crippen LogP contribution >= 0.6 is 0 Å².